The Morgan fingerprint density at radius 1 is 0.784 bits per heavy atom. The van der Waals surface area contributed by atoms with Crippen LogP contribution in [-0.2, 0) is 21.8 Å². The first kappa shape index (κ1) is 30.6. The van der Waals surface area contributed by atoms with Crippen molar-refractivity contribution in [1.29, 1.82) is 0 Å². The third kappa shape index (κ3) is 7.81. The summed E-state index contributed by atoms with van der Waals surface area (Å²) in [5, 5.41) is 2.73. The smallest absolute Gasteiger partial charge is 0.478 e. The normalized spacial score (nSPS) is 21.3. The van der Waals surface area contributed by atoms with Crippen LogP contribution in [0.1, 0.15) is 20.8 Å². The van der Waals surface area contributed by atoms with Gasteiger partial charge in [0.1, 0.15) is 6.61 Å². The van der Waals surface area contributed by atoms with Crippen LogP contribution in [0.15, 0.2) is 65.7 Å². The van der Waals surface area contributed by atoms with Gasteiger partial charge in [-0.1, -0.05) is 101 Å². The topological polar surface area (TPSA) is 21.6 Å². The standard InChI is InChI=1S/C27H33NOPSi.C5H5.Fe/c1-27(2,3)24-19-29-26(28-24)25-22(17-18-23(25)31(4,5)6)30(20-13-9-7-10-14-20)21-15-11-8-12-16-21;1-2-4-5-3-1;/h7-18,24H,19H2,1-6H3;1-5H;/q;;+2/t24-;;/m1../s1. The summed E-state index contributed by atoms with van der Waals surface area (Å²) in [4.78, 5) is 5.13. The molecule has 0 saturated heterocycles. The van der Waals surface area contributed by atoms with Crippen molar-refractivity contribution in [2.45, 2.75) is 46.5 Å². The van der Waals surface area contributed by atoms with Gasteiger partial charge in [0.2, 0.25) is 0 Å². The average Bonchev–Trinajstić information content (AvgIpc) is 3.62. The monoisotopic (exact) mass is 567 g/mol. The molecule has 2 nitrogen and oxygen atoms in total. The van der Waals surface area contributed by atoms with E-state index in [4.69, 9.17) is 9.73 Å². The zero-order valence-electron chi connectivity index (χ0n) is 22.8. The maximum atomic E-state index is 6.32. The van der Waals surface area contributed by atoms with Crippen molar-refractivity contribution in [2.75, 3.05) is 6.61 Å². The Hall–Kier alpha value is -0.924. The van der Waals surface area contributed by atoms with Crippen molar-refractivity contribution in [1.82, 2.24) is 0 Å². The van der Waals surface area contributed by atoms with E-state index < -0.39 is 16.0 Å². The molecule has 0 unspecified atom stereocenters. The van der Waals surface area contributed by atoms with E-state index in [1.165, 1.54) is 27.7 Å². The second-order valence-corrected chi connectivity index (χ2v) is 18.6. The summed E-state index contributed by atoms with van der Waals surface area (Å²) < 4.78 is 6.32. The first-order valence-corrected chi connectivity index (χ1v) is 17.6. The molecule has 5 heteroatoms. The van der Waals surface area contributed by atoms with E-state index in [1.54, 1.807) is 0 Å². The second-order valence-electron chi connectivity index (χ2n) is 11.4. The molecule has 10 radical (unpaired) electrons. The van der Waals surface area contributed by atoms with Crippen LogP contribution in [0.2, 0.25) is 19.6 Å². The Morgan fingerprint density at radius 2 is 1.27 bits per heavy atom. The molecular weight excluding hydrogens is 529 g/mol. The molecule has 0 N–H and O–H groups in total. The molecule has 2 saturated carbocycles. The first-order chi connectivity index (χ1) is 17.2. The van der Waals surface area contributed by atoms with Crippen LogP contribution >= 0.6 is 7.92 Å². The van der Waals surface area contributed by atoms with Crippen molar-refractivity contribution < 1.29 is 21.8 Å². The zero-order chi connectivity index (χ0) is 25.8. The second kappa shape index (κ2) is 13.4. The number of hydrogen-bond donors (Lipinski definition) is 0. The van der Waals surface area contributed by atoms with Crippen LogP contribution in [-0.4, -0.2) is 26.6 Å². The largest absolute Gasteiger partial charge is 2.00 e. The van der Waals surface area contributed by atoms with Crippen molar-refractivity contribution >= 4 is 32.5 Å². The van der Waals surface area contributed by atoms with Gasteiger partial charge in [-0.25, -0.2) is 4.99 Å². The van der Waals surface area contributed by atoms with Gasteiger partial charge in [0.25, 0.3) is 0 Å². The third-order valence-corrected chi connectivity index (χ3v) is 10.9. The molecule has 0 aromatic heterocycles. The fraction of sp³-hybridized carbons (Fsp3) is 0.281. The molecule has 3 aliphatic rings. The molecule has 1 aliphatic heterocycles. The predicted molar refractivity (Wildman–Crippen MR) is 159 cm³/mol. The molecule has 0 spiro atoms. The van der Waals surface area contributed by atoms with Gasteiger partial charge in [0.15, 0.2) is 5.90 Å². The molecule has 2 aromatic rings. The number of benzene rings is 2. The van der Waals surface area contributed by atoms with E-state index >= 15 is 0 Å². The summed E-state index contributed by atoms with van der Waals surface area (Å²) in [5.74, 6) is 2.13. The first-order valence-electron chi connectivity index (χ1n) is 12.7. The van der Waals surface area contributed by atoms with Gasteiger partial charge in [-0.2, -0.15) is 0 Å². The van der Waals surface area contributed by atoms with Gasteiger partial charge in [-0.3, -0.25) is 0 Å². The summed E-state index contributed by atoms with van der Waals surface area (Å²) in [6.07, 6.45) is 14.7. The Morgan fingerprint density at radius 3 is 1.68 bits per heavy atom. The molecule has 0 bridgehead atoms. The Kier molecular flexibility index (Phi) is 11.1. The number of ether oxygens (including phenoxy) is 1. The van der Waals surface area contributed by atoms with E-state index in [1.807, 2.05) is 32.1 Å². The van der Waals surface area contributed by atoms with Crippen molar-refractivity contribution in [2.24, 2.45) is 10.4 Å². The number of aliphatic imine (C=N–C) groups is 1. The van der Waals surface area contributed by atoms with E-state index in [0.29, 0.717) is 6.61 Å². The van der Waals surface area contributed by atoms with Gasteiger partial charge in [-0.05, 0) is 74.4 Å². The molecule has 5 rings (SSSR count). The van der Waals surface area contributed by atoms with Crippen LogP contribution in [0.3, 0.4) is 0 Å². The zero-order valence-corrected chi connectivity index (χ0v) is 25.8. The fourth-order valence-electron chi connectivity index (χ4n) is 4.36. The minimum atomic E-state index is -1.59. The summed E-state index contributed by atoms with van der Waals surface area (Å²) >= 11 is 0. The molecule has 0 amide bonds. The van der Waals surface area contributed by atoms with Crippen LogP contribution in [0.25, 0.3) is 0 Å². The Balaban J connectivity index is 0.000000568. The summed E-state index contributed by atoms with van der Waals surface area (Å²) in [5.41, 5.74) is 2.92. The van der Waals surface area contributed by atoms with Gasteiger partial charge in [0.05, 0.1) is 20.0 Å². The summed E-state index contributed by atoms with van der Waals surface area (Å²) in [6.45, 7) is 14.7. The maximum absolute atomic E-state index is 6.32. The minimum Gasteiger partial charge on any atom is -0.478 e. The third-order valence-electron chi connectivity index (χ3n) is 6.43. The van der Waals surface area contributed by atoms with Gasteiger partial charge in [-0.15, -0.1) is 0 Å². The predicted octanol–water partition coefficient (Wildman–Crippen LogP) is 6.96. The van der Waals surface area contributed by atoms with E-state index in [0.717, 1.165) is 5.90 Å². The quantitative estimate of drug-likeness (QED) is 0.283. The van der Waals surface area contributed by atoms with Crippen LogP contribution in [0.5, 0.6) is 0 Å². The molecule has 1 heterocycles. The molecule has 37 heavy (non-hydrogen) atoms. The fourth-order valence-corrected chi connectivity index (χ4v) is 8.50. The van der Waals surface area contributed by atoms with Crippen LogP contribution < -0.4 is 10.6 Å². The van der Waals surface area contributed by atoms with Crippen molar-refractivity contribution in [3.05, 3.63) is 123 Å². The summed E-state index contributed by atoms with van der Waals surface area (Å²) in [6, 6.07) is 22.0. The minimum absolute atomic E-state index is 0. The Labute approximate surface area is 239 Å². The van der Waals surface area contributed by atoms with Gasteiger partial charge < -0.3 is 4.74 Å². The van der Waals surface area contributed by atoms with Gasteiger partial charge >= 0.3 is 17.1 Å². The van der Waals surface area contributed by atoms with E-state index in [9.17, 15) is 0 Å². The van der Waals surface area contributed by atoms with Crippen molar-refractivity contribution in [3.63, 3.8) is 0 Å². The van der Waals surface area contributed by atoms with E-state index in [2.05, 4.69) is 114 Å². The van der Waals surface area contributed by atoms with Crippen LogP contribution in [0, 0.1) is 67.5 Å². The number of hydrogen-bond acceptors (Lipinski definition) is 2. The SMILES string of the molecule is CC(C)(C)[C@H]1COC([C]2[C](P(c3ccccc3)c3ccccc3)[CH][CH][C]2[Si](C)(C)C)=N1.[CH]1[CH][CH][CH][CH]1.[Fe+2]. The molecule has 2 aromatic carbocycles. The van der Waals surface area contributed by atoms with Crippen molar-refractivity contribution in [3.8, 4) is 0 Å². The molecule has 2 aliphatic carbocycles. The molecule has 192 valence electrons. The number of nitrogens with zero attached hydrogens (tertiary/aromatic N) is 1. The van der Waals surface area contributed by atoms with Gasteiger partial charge in [0, 0.05) is 5.66 Å². The maximum Gasteiger partial charge on any atom is 2.00 e. The number of rotatable bonds is 5. The summed E-state index contributed by atoms with van der Waals surface area (Å²) in [7, 11) is -2.28. The molecular formula is C32H38FeNOPSi+2. The van der Waals surface area contributed by atoms with Crippen LogP contribution in [0.4, 0.5) is 0 Å². The van der Waals surface area contributed by atoms with E-state index in [-0.39, 0.29) is 28.5 Å². The molecule has 1 atom stereocenters. The Bertz CT molecular complexity index is 934. The average molecular weight is 568 g/mol. The molecule has 2 fully saturated rings.